The molecule has 1 unspecified atom stereocenters. The van der Waals surface area contributed by atoms with E-state index in [1.807, 2.05) is 0 Å². The molecule has 2 rings (SSSR count). The fraction of sp³-hybridized carbons (Fsp3) is 0.650. The van der Waals surface area contributed by atoms with E-state index in [0.717, 1.165) is 51.8 Å². The van der Waals surface area contributed by atoms with Crippen LogP contribution in [0.5, 0.6) is 0 Å². The molecule has 1 atom stereocenters. The Bertz CT molecular complexity index is 521. The van der Waals surface area contributed by atoms with Gasteiger partial charge in [0.1, 0.15) is 0 Å². The number of nitrogens with one attached hydrogen (secondary N) is 2. The summed E-state index contributed by atoms with van der Waals surface area (Å²) in [4.78, 5) is 6.81. The van der Waals surface area contributed by atoms with E-state index >= 15 is 0 Å². The van der Waals surface area contributed by atoms with Gasteiger partial charge in [0.25, 0.3) is 0 Å². The summed E-state index contributed by atoms with van der Waals surface area (Å²) in [5, 5.41) is 6.83. The lowest BCUT2D eigenvalue weighted by Crippen LogP contribution is -2.46. The van der Waals surface area contributed by atoms with E-state index in [2.05, 4.69) is 50.9 Å². The maximum atomic E-state index is 5.52. The van der Waals surface area contributed by atoms with Crippen LogP contribution in [0, 0.1) is 0 Å². The minimum atomic E-state index is 0.297. The van der Waals surface area contributed by atoms with E-state index in [1.165, 1.54) is 5.56 Å². The normalized spacial score (nSPS) is 16.9. The molecule has 0 spiro atoms. The predicted molar refractivity (Wildman–Crippen MR) is 108 cm³/mol. The molecule has 7 nitrogen and oxygen atoms in total. The van der Waals surface area contributed by atoms with Crippen LogP contribution in [0.15, 0.2) is 35.3 Å². The van der Waals surface area contributed by atoms with Gasteiger partial charge in [0.2, 0.25) is 0 Å². The zero-order chi connectivity index (χ0) is 19.2. The largest absolute Gasteiger partial charge is 0.382 e. The quantitative estimate of drug-likeness (QED) is 0.344. The summed E-state index contributed by atoms with van der Waals surface area (Å²) in [5.74, 6) is 0.820. The number of hydrogen-bond donors (Lipinski definition) is 2. The van der Waals surface area contributed by atoms with Gasteiger partial charge >= 0.3 is 0 Å². The zero-order valence-corrected chi connectivity index (χ0v) is 16.7. The average Bonchev–Trinajstić information content (AvgIpc) is 2.73. The number of ether oxygens (including phenoxy) is 3. The third kappa shape index (κ3) is 8.26. The SMILES string of the molecule is CN=C(NCCCOCCOC)NCC(c1ccccc1)N1CCOCC1. The lowest BCUT2D eigenvalue weighted by atomic mass is 10.0. The Kier molecular flexibility index (Phi) is 10.8. The van der Waals surface area contributed by atoms with Crippen molar-refractivity contribution in [2.45, 2.75) is 12.5 Å². The van der Waals surface area contributed by atoms with Crippen LogP contribution < -0.4 is 10.6 Å². The van der Waals surface area contributed by atoms with E-state index in [1.54, 1.807) is 14.2 Å². The van der Waals surface area contributed by atoms with E-state index in [9.17, 15) is 0 Å². The van der Waals surface area contributed by atoms with Crippen LogP contribution in [-0.2, 0) is 14.2 Å². The molecule has 1 aromatic carbocycles. The van der Waals surface area contributed by atoms with Gasteiger partial charge < -0.3 is 24.8 Å². The van der Waals surface area contributed by atoms with Gasteiger partial charge in [-0.2, -0.15) is 0 Å². The Labute approximate surface area is 163 Å². The van der Waals surface area contributed by atoms with Gasteiger partial charge in [0.15, 0.2) is 5.96 Å². The van der Waals surface area contributed by atoms with Gasteiger partial charge in [-0.05, 0) is 12.0 Å². The van der Waals surface area contributed by atoms with Crippen molar-refractivity contribution in [3.63, 3.8) is 0 Å². The van der Waals surface area contributed by atoms with Crippen molar-refractivity contribution in [1.29, 1.82) is 0 Å². The number of rotatable bonds is 11. The highest BCUT2D eigenvalue weighted by Crippen LogP contribution is 2.20. The van der Waals surface area contributed by atoms with E-state index in [4.69, 9.17) is 14.2 Å². The summed E-state index contributed by atoms with van der Waals surface area (Å²) in [5.41, 5.74) is 1.31. The van der Waals surface area contributed by atoms with Crippen molar-refractivity contribution in [3.8, 4) is 0 Å². The van der Waals surface area contributed by atoms with Gasteiger partial charge in [0.05, 0.1) is 32.5 Å². The monoisotopic (exact) mass is 378 g/mol. The average molecular weight is 379 g/mol. The lowest BCUT2D eigenvalue weighted by Gasteiger charge is -2.35. The number of nitrogens with zero attached hydrogens (tertiary/aromatic N) is 2. The van der Waals surface area contributed by atoms with Crippen LogP contribution in [0.4, 0.5) is 0 Å². The predicted octanol–water partition coefficient (Wildman–Crippen LogP) is 1.28. The van der Waals surface area contributed by atoms with Crippen molar-refractivity contribution in [3.05, 3.63) is 35.9 Å². The number of benzene rings is 1. The van der Waals surface area contributed by atoms with Crippen LogP contribution in [0.2, 0.25) is 0 Å². The topological polar surface area (TPSA) is 67.4 Å². The molecule has 0 bridgehead atoms. The summed E-state index contributed by atoms with van der Waals surface area (Å²) < 4.78 is 16.0. The summed E-state index contributed by atoms with van der Waals surface area (Å²) >= 11 is 0. The molecular formula is C20H34N4O3. The minimum Gasteiger partial charge on any atom is -0.382 e. The van der Waals surface area contributed by atoms with Crippen LogP contribution in [0.1, 0.15) is 18.0 Å². The number of aliphatic imine (C=N–C) groups is 1. The van der Waals surface area contributed by atoms with Crippen molar-refractivity contribution < 1.29 is 14.2 Å². The van der Waals surface area contributed by atoms with E-state index in [0.29, 0.717) is 25.9 Å². The highest BCUT2D eigenvalue weighted by molar-refractivity contribution is 5.79. The molecule has 0 aromatic heterocycles. The third-order valence-electron chi connectivity index (χ3n) is 4.55. The molecule has 1 saturated heterocycles. The molecule has 1 fully saturated rings. The Morgan fingerprint density at radius 1 is 1.15 bits per heavy atom. The first-order chi connectivity index (χ1) is 13.3. The van der Waals surface area contributed by atoms with Gasteiger partial charge in [-0.3, -0.25) is 9.89 Å². The van der Waals surface area contributed by atoms with Crippen molar-refractivity contribution in [1.82, 2.24) is 15.5 Å². The summed E-state index contributed by atoms with van der Waals surface area (Å²) in [7, 11) is 3.48. The molecule has 0 radical (unpaired) electrons. The first-order valence-electron chi connectivity index (χ1n) is 9.73. The smallest absolute Gasteiger partial charge is 0.191 e. The number of hydrogen-bond acceptors (Lipinski definition) is 5. The Hall–Kier alpha value is -1.67. The Morgan fingerprint density at radius 2 is 1.93 bits per heavy atom. The molecule has 0 aliphatic carbocycles. The van der Waals surface area contributed by atoms with Gasteiger partial charge in [-0.15, -0.1) is 0 Å². The highest BCUT2D eigenvalue weighted by atomic mass is 16.5. The van der Waals surface area contributed by atoms with E-state index < -0.39 is 0 Å². The second-order valence-electron chi connectivity index (χ2n) is 6.41. The molecule has 1 aromatic rings. The number of morpholine rings is 1. The summed E-state index contributed by atoms with van der Waals surface area (Å²) in [6.07, 6.45) is 0.927. The molecule has 0 amide bonds. The summed E-state index contributed by atoms with van der Waals surface area (Å²) in [6.45, 7) is 7.10. The second-order valence-corrected chi connectivity index (χ2v) is 6.41. The fourth-order valence-electron chi connectivity index (χ4n) is 3.06. The van der Waals surface area contributed by atoms with Gasteiger partial charge in [-0.25, -0.2) is 0 Å². The third-order valence-corrected chi connectivity index (χ3v) is 4.55. The molecule has 1 heterocycles. The van der Waals surface area contributed by atoms with Crippen LogP contribution in [-0.4, -0.2) is 84.2 Å². The molecule has 152 valence electrons. The fourth-order valence-corrected chi connectivity index (χ4v) is 3.06. The van der Waals surface area contributed by atoms with Gasteiger partial charge in [-0.1, -0.05) is 30.3 Å². The summed E-state index contributed by atoms with van der Waals surface area (Å²) in [6, 6.07) is 10.9. The Balaban J connectivity index is 1.78. The Morgan fingerprint density at radius 3 is 2.63 bits per heavy atom. The van der Waals surface area contributed by atoms with Crippen molar-refractivity contribution in [2.75, 3.05) is 73.4 Å². The maximum absolute atomic E-state index is 5.52. The van der Waals surface area contributed by atoms with Crippen LogP contribution in [0.25, 0.3) is 0 Å². The molecular weight excluding hydrogens is 344 g/mol. The zero-order valence-electron chi connectivity index (χ0n) is 16.7. The van der Waals surface area contributed by atoms with Crippen molar-refractivity contribution >= 4 is 5.96 Å². The molecule has 7 heteroatoms. The van der Waals surface area contributed by atoms with E-state index in [-0.39, 0.29) is 0 Å². The molecule has 2 N–H and O–H groups in total. The first kappa shape index (κ1) is 21.6. The highest BCUT2D eigenvalue weighted by Gasteiger charge is 2.22. The number of guanidine groups is 1. The number of methoxy groups -OCH3 is 1. The molecule has 27 heavy (non-hydrogen) atoms. The molecule has 1 aliphatic rings. The standard InChI is InChI=1S/C20H34N4O3/c1-21-20(22-9-6-12-26-16-15-25-2)23-17-19(18-7-4-3-5-8-18)24-10-13-27-14-11-24/h3-5,7-8,19H,6,9-17H2,1-2H3,(H2,21,22,23). The molecule has 1 aliphatic heterocycles. The minimum absolute atomic E-state index is 0.297. The molecule has 0 saturated carbocycles. The van der Waals surface area contributed by atoms with Crippen molar-refractivity contribution in [2.24, 2.45) is 4.99 Å². The van der Waals surface area contributed by atoms with Crippen LogP contribution in [0.3, 0.4) is 0 Å². The van der Waals surface area contributed by atoms with Gasteiger partial charge in [0, 0.05) is 46.9 Å². The second kappa shape index (κ2) is 13.5. The maximum Gasteiger partial charge on any atom is 0.191 e. The first-order valence-corrected chi connectivity index (χ1v) is 9.73. The van der Waals surface area contributed by atoms with Crippen LogP contribution >= 0.6 is 0 Å². The lowest BCUT2D eigenvalue weighted by molar-refractivity contribution is 0.0170.